The van der Waals surface area contributed by atoms with Gasteiger partial charge < -0.3 is 5.11 Å². The Hall–Kier alpha value is -2.40. The molecule has 0 aromatic heterocycles. The van der Waals surface area contributed by atoms with E-state index in [1.165, 1.54) is 12.1 Å². The lowest BCUT2D eigenvalue weighted by Crippen LogP contribution is -2.15. The van der Waals surface area contributed by atoms with Crippen LogP contribution in [0.3, 0.4) is 0 Å². The maximum absolute atomic E-state index is 11.5. The predicted molar refractivity (Wildman–Crippen MR) is 78.6 cm³/mol. The molecule has 108 valence electrons. The molecule has 0 aliphatic heterocycles. The maximum atomic E-state index is 11.5. The van der Waals surface area contributed by atoms with E-state index < -0.39 is 16.8 Å². The number of rotatable bonds is 5. The number of benzene rings is 2. The first kappa shape index (κ1) is 15.0. The van der Waals surface area contributed by atoms with Crippen LogP contribution in [-0.2, 0) is 11.2 Å². The third-order valence-electron chi connectivity index (χ3n) is 3.14. The minimum absolute atomic E-state index is 0.0594. The number of hydrogen-bond acceptors (Lipinski definition) is 3. The van der Waals surface area contributed by atoms with Crippen LogP contribution in [0.5, 0.6) is 0 Å². The van der Waals surface area contributed by atoms with Gasteiger partial charge in [-0.25, -0.2) is 0 Å². The number of aliphatic carboxylic acids is 1. The molecule has 0 amide bonds. The van der Waals surface area contributed by atoms with Crippen LogP contribution < -0.4 is 0 Å². The van der Waals surface area contributed by atoms with Crippen molar-refractivity contribution in [3.63, 3.8) is 0 Å². The number of nitro groups is 1. The second-order valence-electron chi connectivity index (χ2n) is 4.54. The fourth-order valence-electron chi connectivity index (χ4n) is 2.12. The summed E-state index contributed by atoms with van der Waals surface area (Å²) in [5, 5.41) is 20.5. The van der Waals surface area contributed by atoms with E-state index >= 15 is 0 Å². The Labute approximate surface area is 125 Å². The maximum Gasteiger partial charge on any atom is 0.311 e. The van der Waals surface area contributed by atoms with Gasteiger partial charge in [-0.05, 0) is 23.6 Å². The molecule has 0 aliphatic carbocycles. The van der Waals surface area contributed by atoms with Crippen molar-refractivity contribution < 1.29 is 14.8 Å². The Balaban J connectivity index is 2.33. The molecule has 2 rings (SSSR count). The van der Waals surface area contributed by atoms with Crippen molar-refractivity contribution in [3.05, 3.63) is 74.8 Å². The van der Waals surface area contributed by atoms with Crippen molar-refractivity contribution in [3.8, 4) is 0 Å². The second kappa shape index (κ2) is 6.37. The van der Waals surface area contributed by atoms with Gasteiger partial charge in [-0.2, -0.15) is 0 Å². The van der Waals surface area contributed by atoms with Gasteiger partial charge in [0, 0.05) is 17.2 Å². The Morgan fingerprint density at radius 2 is 1.95 bits per heavy atom. The molecule has 21 heavy (non-hydrogen) atoms. The summed E-state index contributed by atoms with van der Waals surface area (Å²) < 4.78 is 0. The lowest BCUT2D eigenvalue weighted by atomic mass is 9.92. The zero-order valence-corrected chi connectivity index (χ0v) is 11.7. The number of halogens is 1. The normalized spacial score (nSPS) is 11.9. The zero-order chi connectivity index (χ0) is 15.4. The minimum Gasteiger partial charge on any atom is -0.481 e. The van der Waals surface area contributed by atoms with Crippen molar-refractivity contribution in [1.82, 2.24) is 0 Å². The van der Waals surface area contributed by atoms with Crippen LogP contribution in [0.15, 0.2) is 48.5 Å². The quantitative estimate of drug-likeness (QED) is 0.675. The van der Waals surface area contributed by atoms with Gasteiger partial charge in [-0.3, -0.25) is 14.9 Å². The zero-order valence-electron chi connectivity index (χ0n) is 10.9. The Kier molecular flexibility index (Phi) is 4.55. The Morgan fingerprint density at radius 1 is 1.24 bits per heavy atom. The van der Waals surface area contributed by atoms with E-state index in [9.17, 15) is 20.0 Å². The molecule has 2 aromatic rings. The molecule has 0 aliphatic rings. The largest absolute Gasteiger partial charge is 0.481 e. The molecule has 1 atom stereocenters. The van der Waals surface area contributed by atoms with Crippen LogP contribution in [0, 0.1) is 10.1 Å². The summed E-state index contributed by atoms with van der Waals surface area (Å²) in [6.07, 6.45) is 0.140. The molecular weight excluding hydrogens is 294 g/mol. The summed E-state index contributed by atoms with van der Waals surface area (Å²) in [5.74, 6) is -1.87. The monoisotopic (exact) mass is 305 g/mol. The van der Waals surface area contributed by atoms with Crippen molar-refractivity contribution >= 4 is 23.3 Å². The average molecular weight is 306 g/mol. The van der Waals surface area contributed by atoms with Gasteiger partial charge in [0.1, 0.15) is 0 Å². The number of non-ortho nitro benzene ring substituents is 1. The molecular formula is C15H12ClNO4. The molecule has 0 bridgehead atoms. The van der Waals surface area contributed by atoms with Gasteiger partial charge in [0.15, 0.2) is 0 Å². The molecule has 1 N–H and O–H groups in total. The van der Waals surface area contributed by atoms with E-state index in [0.29, 0.717) is 16.1 Å². The number of nitrogens with zero attached hydrogens (tertiary/aromatic N) is 1. The summed E-state index contributed by atoms with van der Waals surface area (Å²) in [5.41, 5.74) is 1.02. The summed E-state index contributed by atoms with van der Waals surface area (Å²) in [4.78, 5) is 21.7. The van der Waals surface area contributed by atoms with E-state index in [-0.39, 0.29) is 12.1 Å². The molecule has 6 heteroatoms. The Bertz CT molecular complexity index is 687. The van der Waals surface area contributed by atoms with Gasteiger partial charge in [0.25, 0.3) is 5.69 Å². The molecule has 0 saturated carbocycles. The van der Waals surface area contributed by atoms with Crippen LogP contribution in [-0.4, -0.2) is 16.0 Å². The first-order valence-corrected chi connectivity index (χ1v) is 6.57. The predicted octanol–water partition coefficient (Wildman–Crippen LogP) is 3.66. The fraction of sp³-hybridized carbons (Fsp3) is 0.133. The van der Waals surface area contributed by atoms with Crippen LogP contribution in [0.2, 0.25) is 5.02 Å². The fourth-order valence-corrected chi connectivity index (χ4v) is 2.39. The SMILES string of the molecule is O=C(O)C(Cc1cccc([N+](=O)[O-])c1)c1ccccc1Cl. The van der Waals surface area contributed by atoms with E-state index in [0.717, 1.165) is 0 Å². The van der Waals surface area contributed by atoms with Gasteiger partial charge in [-0.1, -0.05) is 41.9 Å². The van der Waals surface area contributed by atoms with Crippen LogP contribution in [0.1, 0.15) is 17.0 Å². The number of carboxylic acid groups (broad SMARTS) is 1. The summed E-state index contributed by atoms with van der Waals surface area (Å²) in [7, 11) is 0. The first-order valence-electron chi connectivity index (χ1n) is 6.19. The highest BCUT2D eigenvalue weighted by atomic mass is 35.5. The molecule has 0 heterocycles. The number of carbonyl (C=O) groups is 1. The molecule has 0 radical (unpaired) electrons. The minimum atomic E-state index is -1.02. The van der Waals surface area contributed by atoms with Gasteiger partial charge in [-0.15, -0.1) is 0 Å². The lowest BCUT2D eigenvalue weighted by Gasteiger charge is -2.14. The summed E-state index contributed by atoms with van der Waals surface area (Å²) >= 11 is 6.04. The third-order valence-corrected chi connectivity index (χ3v) is 3.48. The summed E-state index contributed by atoms with van der Waals surface area (Å²) in [6.45, 7) is 0. The lowest BCUT2D eigenvalue weighted by molar-refractivity contribution is -0.384. The highest BCUT2D eigenvalue weighted by Gasteiger charge is 2.23. The average Bonchev–Trinajstić information content (AvgIpc) is 2.45. The molecule has 0 saturated heterocycles. The van der Waals surface area contributed by atoms with Gasteiger partial charge >= 0.3 is 5.97 Å². The highest BCUT2D eigenvalue weighted by Crippen LogP contribution is 2.28. The standard InChI is InChI=1S/C15H12ClNO4/c16-14-7-2-1-6-12(14)13(15(18)19)9-10-4-3-5-11(8-10)17(20)21/h1-8,13H,9H2,(H,18,19). The molecule has 0 spiro atoms. The highest BCUT2D eigenvalue weighted by molar-refractivity contribution is 6.31. The number of nitro benzene ring substituents is 1. The first-order chi connectivity index (χ1) is 9.99. The second-order valence-corrected chi connectivity index (χ2v) is 4.95. The van der Waals surface area contributed by atoms with E-state index in [4.69, 9.17) is 11.6 Å². The van der Waals surface area contributed by atoms with Crippen LogP contribution in [0.25, 0.3) is 0 Å². The molecule has 5 nitrogen and oxygen atoms in total. The topological polar surface area (TPSA) is 80.4 Å². The molecule has 2 aromatic carbocycles. The van der Waals surface area contributed by atoms with Gasteiger partial charge in [0.2, 0.25) is 0 Å². The number of hydrogen-bond donors (Lipinski definition) is 1. The van der Waals surface area contributed by atoms with E-state index in [1.807, 2.05) is 0 Å². The van der Waals surface area contributed by atoms with Crippen molar-refractivity contribution in [1.29, 1.82) is 0 Å². The van der Waals surface area contributed by atoms with Crippen LogP contribution in [0.4, 0.5) is 5.69 Å². The van der Waals surface area contributed by atoms with E-state index in [1.54, 1.807) is 36.4 Å². The van der Waals surface area contributed by atoms with Crippen LogP contribution >= 0.6 is 11.6 Å². The number of carboxylic acids is 1. The third kappa shape index (κ3) is 3.58. The molecule has 1 unspecified atom stereocenters. The van der Waals surface area contributed by atoms with Crippen molar-refractivity contribution in [2.45, 2.75) is 12.3 Å². The van der Waals surface area contributed by atoms with Crippen molar-refractivity contribution in [2.75, 3.05) is 0 Å². The van der Waals surface area contributed by atoms with Crippen molar-refractivity contribution in [2.24, 2.45) is 0 Å². The summed E-state index contributed by atoms with van der Waals surface area (Å²) in [6, 6.07) is 12.7. The van der Waals surface area contributed by atoms with Gasteiger partial charge in [0.05, 0.1) is 10.8 Å². The smallest absolute Gasteiger partial charge is 0.311 e. The molecule has 0 fully saturated rings. The Morgan fingerprint density at radius 3 is 2.57 bits per heavy atom. The van der Waals surface area contributed by atoms with E-state index in [2.05, 4.69) is 0 Å².